The molecule has 1 saturated heterocycles. The molecule has 156 valence electrons. The van der Waals surface area contributed by atoms with Gasteiger partial charge in [0, 0.05) is 42.3 Å². The zero-order valence-electron chi connectivity index (χ0n) is 16.1. The third kappa shape index (κ3) is 5.61. The van der Waals surface area contributed by atoms with Crippen LogP contribution in [0.15, 0.2) is 23.1 Å². The summed E-state index contributed by atoms with van der Waals surface area (Å²) in [4.78, 5) is 15.1. The van der Waals surface area contributed by atoms with Gasteiger partial charge in [0.15, 0.2) is 11.5 Å². The van der Waals surface area contributed by atoms with Gasteiger partial charge in [0.2, 0.25) is 5.91 Å². The standard InChI is InChI=1S/C20H28N2O4S.ClH/c23-20(22-8-5-16(6-9-22)21-14-15-1-2-15)7-12-27(24)17-3-4-18-19(13-17)26-11-10-25-18;/h3-4,13,15-16,21H,1-2,5-12,14H2;1H. The number of hydrogen-bond donors (Lipinski definition) is 1. The number of nitrogens with one attached hydrogen (secondary N) is 1. The molecule has 2 aliphatic heterocycles. The Bertz CT molecular complexity index is 705. The topological polar surface area (TPSA) is 67.9 Å². The molecule has 2 heterocycles. The summed E-state index contributed by atoms with van der Waals surface area (Å²) in [6, 6.07) is 5.90. The lowest BCUT2D eigenvalue weighted by Crippen LogP contribution is -2.45. The molecule has 0 radical (unpaired) electrons. The SMILES string of the molecule is Cl.O=C(CCS(=O)c1ccc2c(c1)OCCO2)N1CCC(NCC2CC2)CC1. The minimum atomic E-state index is -1.21. The zero-order valence-corrected chi connectivity index (χ0v) is 17.7. The summed E-state index contributed by atoms with van der Waals surface area (Å²) in [5.41, 5.74) is 0. The molecular formula is C20H29ClN2O4S. The first-order chi connectivity index (χ1) is 13.2. The van der Waals surface area contributed by atoms with Gasteiger partial charge in [-0.1, -0.05) is 0 Å². The van der Waals surface area contributed by atoms with Crippen molar-refractivity contribution in [3.05, 3.63) is 18.2 Å². The lowest BCUT2D eigenvalue weighted by molar-refractivity contribution is -0.131. The van der Waals surface area contributed by atoms with Gasteiger partial charge in [0.1, 0.15) is 13.2 Å². The molecule has 1 atom stereocenters. The quantitative estimate of drug-likeness (QED) is 0.722. The van der Waals surface area contributed by atoms with Crippen LogP contribution in [0.2, 0.25) is 0 Å². The van der Waals surface area contributed by atoms with Gasteiger partial charge in [-0.05, 0) is 50.3 Å². The Morgan fingerprint density at radius 3 is 2.54 bits per heavy atom. The maximum Gasteiger partial charge on any atom is 0.223 e. The van der Waals surface area contributed by atoms with E-state index in [1.807, 2.05) is 4.90 Å². The molecule has 3 aliphatic rings. The highest BCUT2D eigenvalue weighted by molar-refractivity contribution is 7.85. The number of halogens is 1. The van der Waals surface area contributed by atoms with Crippen molar-refractivity contribution in [2.45, 2.75) is 43.0 Å². The van der Waals surface area contributed by atoms with Crippen molar-refractivity contribution in [1.29, 1.82) is 0 Å². The van der Waals surface area contributed by atoms with E-state index in [1.54, 1.807) is 18.2 Å². The largest absolute Gasteiger partial charge is 0.486 e. The predicted molar refractivity (Wildman–Crippen MR) is 111 cm³/mol. The Morgan fingerprint density at radius 1 is 1.11 bits per heavy atom. The highest BCUT2D eigenvalue weighted by Gasteiger charge is 2.26. The van der Waals surface area contributed by atoms with E-state index in [0.717, 1.165) is 38.4 Å². The van der Waals surface area contributed by atoms with Crippen LogP contribution in [0.4, 0.5) is 0 Å². The van der Waals surface area contributed by atoms with E-state index >= 15 is 0 Å². The van der Waals surface area contributed by atoms with E-state index in [-0.39, 0.29) is 18.3 Å². The van der Waals surface area contributed by atoms with Crippen molar-refractivity contribution >= 4 is 29.1 Å². The van der Waals surface area contributed by atoms with Gasteiger partial charge in [-0.2, -0.15) is 0 Å². The first kappa shape index (κ1) is 21.4. The summed E-state index contributed by atoms with van der Waals surface area (Å²) in [5, 5.41) is 3.63. The average molecular weight is 429 g/mol. The van der Waals surface area contributed by atoms with Crippen LogP contribution in [0, 0.1) is 5.92 Å². The predicted octanol–water partition coefficient (Wildman–Crippen LogP) is 2.37. The Balaban J connectivity index is 0.00000225. The Morgan fingerprint density at radius 2 is 1.82 bits per heavy atom. The van der Waals surface area contributed by atoms with E-state index in [2.05, 4.69) is 5.32 Å². The minimum Gasteiger partial charge on any atom is -0.486 e. The van der Waals surface area contributed by atoms with Crippen LogP contribution < -0.4 is 14.8 Å². The first-order valence-electron chi connectivity index (χ1n) is 9.98. The highest BCUT2D eigenvalue weighted by Crippen LogP contribution is 2.32. The van der Waals surface area contributed by atoms with Gasteiger partial charge >= 0.3 is 0 Å². The monoisotopic (exact) mass is 428 g/mol. The van der Waals surface area contributed by atoms with E-state index in [4.69, 9.17) is 9.47 Å². The van der Waals surface area contributed by atoms with Crippen LogP contribution in [0.3, 0.4) is 0 Å². The smallest absolute Gasteiger partial charge is 0.223 e. The molecule has 8 heteroatoms. The van der Waals surface area contributed by atoms with Crippen LogP contribution in [-0.2, 0) is 15.6 Å². The zero-order chi connectivity index (χ0) is 18.6. The van der Waals surface area contributed by atoms with Crippen molar-refractivity contribution in [1.82, 2.24) is 10.2 Å². The second kappa shape index (κ2) is 9.94. The van der Waals surface area contributed by atoms with Crippen LogP contribution in [-0.4, -0.2) is 59.7 Å². The number of benzene rings is 1. The number of nitrogens with zero attached hydrogens (tertiary/aromatic N) is 1. The second-order valence-corrected chi connectivity index (χ2v) is 9.18. The van der Waals surface area contributed by atoms with Crippen molar-refractivity contribution in [3.8, 4) is 11.5 Å². The Kier molecular flexibility index (Phi) is 7.60. The lowest BCUT2D eigenvalue weighted by Gasteiger charge is -2.32. The average Bonchev–Trinajstić information content (AvgIpc) is 3.55. The summed E-state index contributed by atoms with van der Waals surface area (Å²) in [5.74, 6) is 2.68. The maximum atomic E-state index is 12.6. The summed E-state index contributed by atoms with van der Waals surface area (Å²) in [7, 11) is -1.21. The maximum absolute atomic E-state index is 12.6. The van der Waals surface area contributed by atoms with Gasteiger partial charge in [-0.15, -0.1) is 12.4 Å². The summed E-state index contributed by atoms with van der Waals surface area (Å²) in [6.07, 6.45) is 5.09. The molecule has 28 heavy (non-hydrogen) atoms. The Labute approximate surface area is 175 Å². The third-order valence-electron chi connectivity index (χ3n) is 5.52. The molecule has 0 spiro atoms. The number of ether oxygens (including phenoxy) is 2. The molecule has 1 amide bonds. The molecule has 1 N–H and O–H groups in total. The molecule has 6 nitrogen and oxygen atoms in total. The number of piperidine rings is 1. The minimum absolute atomic E-state index is 0. The number of carbonyl (C=O) groups excluding carboxylic acids is 1. The van der Waals surface area contributed by atoms with Crippen LogP contribution in [0.25, 0.3) is 0 Å². The number of amides is 1. The number of fused-ring (bicyclic) bond motifs is 1. The van der Waals surface area contributed by atoms with Gasteiger partial charge in [-0.3, -0.25) is 9.00 Å². The molecule has 1 unspecified atom stereocenters. The molecular weight excluding hydrogens is 400 g/mol. The van der Waals surface area contributed by atoms with Gasteiger partial charge < -0.3 is 19.7 Å². The van der Waals surface area contributed by atoms with Crippen molar-refractivity contribution in [2.75, 3.05) is 38.6 Å². The van der Waals surface area contributed by atoms with Gasteiger partial charge in [0.25, 0.3) is 0 Å². The van der Waals surface area contributed by atoms with Crippen LogP contribution in [0.1, 0.15) is 32.1 Å². The lowest BCUT2D eigenvalue weighted by atomic mass is 10.0. The first-order valence-corrected chi connectivity index (χ1v) is 11.3. The fourth-order valence-corrected chi connectivity index (χ4v) is 4.66. The molecule has 1 saturated carbocycles. The fourth-order valence-electron chi connectivity index (χ4n) is 3.61. The molecule has 2 fully saturated rings. The second-order valence-electron chi connectivity index (χ2n) is 7.61. The number of rotatable bonds is 7. The van der Waals surface area contributed by atoms with E-state index in [0.29, 0.717) is 47.8 Å². The Hall–Kier alpha value is -1.31. The highest BCUT2D eigenvalue weighted by atomic mass is 35.5. The number of likely N-dealkylation sites (tertiary alicyclic amines) is 1. The molecule has 4 rings (SSSR count). The molecule has 1 aliphatic carbocycles. The van der Waals surface area contributed by atoms with Gasteiger partial charge in [-0.25, -0.2) is 0 Å². The number of carbonyl (C=O) groups is 1. The van der Waals surface area contributed by atoms with Crippen molar-refractivity contribution in [2.24, 2.45) is 5.92 Å². The van der Waals surface area contributed by atoms with Crippen molar-refractivity contribution < 1.29 is 18.5 Å². The summed E-state index contributed by atoms with van der Waals surface area (Å²) < 4.78 is 23.6. The summed E-state index contributed by atoms with van der Waals surface area (Å²) in [6.45, 7) is 3.78. The van der Waals surface area contributed by atoms with E-state index in [9.17, 15) is 9.00 Å². The van der Waals surface area contributed by atoms with E-state index < -0.39 is 10.8 Å². The van der Waals surface area contributed by atoms with Gasteiger partial charge in [0.05, 0.1) is 10.8 Å². The van der Waals surface area contributed by atoms with Crippen molar-refractivity contribution in [3.63, 3.8) is 0 Å². The van der Waals surface area contributed by atoms with Crippen LogP contribution in [0.5, 0.6) is 11.5 Å². The molecule has 0 aromatic heterocycles. The summed E-state index contributed by atoms with van der Waals surface area (Å²) >= 11 is 0. The third-order valence-corrected chi connectivity index (χ3v) is 6.87. The molecule has 1 aromatic carbocycles. The normalized spacial score (nSPS) is 20.4. The fraction of sp³-hybridized carbons (Fsp3) is 0.650. The van der Waals surface area contributed by atoms with Crippen LogP contribution >= 0.6 is 12.4 Å². The van der Waals surface area contributed by atoms with E-state index in [1.165, 1.54) is 12.8 Å². The number of hydrogen-bond acceptors (Lipinski definition) is 5. The molecule has 1 aromatic rings. The molecule has 0 bridgehead atoms.